The Hall–Kier alpha value is 0. The van der Waals surface area contributed by atoms with Crippen LogP contribution in [-0.2, 0) is 0 Å². The highest BCUT2D eigenvalue weighted by atomic mass is 14.5. The highest BCUT2D eigenvalue weighted by molar-refractivity contribution is 4.94. The van der Waals surface area contributed by atoms with Crippen LogP contribution in [0.1, 0.15) is 46.5 Å². The molecule has 3 saturated carbocycles. The molecule has 2 bridgehead atoms. The topological polar surface area (TPSA) is 0 Å². The van der Waals surface area contributed by atoms with Gasteiger partial charge in [0.25, 0.3) is 0 Å². The number of rotatable bonds is 0. The summed E-state index contributed by atoms with van der Waals surface area (Å²) in [5.41, 5.74) is 0.676. The van der Waals surface area contributed by atoms with Crippen LogP contribution in [0.4, 0.5) is 0 Å². The smallest absolute Gasteiger partial charge is 0.0323 e. The van der Waals surface area contributed by atoms with Gasteiger partial charge in [0.1, 0.15) is 0 Å². The van der Waals surface area contributed by atoms with Crippen molar-refractivity contribution in [3.8, 4) is 0 Å². The van der Waals surface area contributed by atoms with E-state index in [1.165, 1.54) is 25.7 Å². The summed E-state index contributed by atoms with van der Waals surface area (Å²) in [5, 5.41) is 0. The monoisotopic (exact) mass is 152 g/mol. The van der Waals surface area contributed by atoms with Gasteiger partial charge in [0, 0.05) is 0 Å². The summed E-state index contributed by atoms with van der Waals surface area (Å²) in [6.45, 7) is 7.39. The van der Waals surface area contributed by atoms with E-state index in [2.05, 4.69) is 20.8 Å². The van der Waals surface area contributed by atoms with Crippen LogP contribution in [0.25, 0.3) is 0 Å². The first-order chi connectivity index (χ1) is 5.09. The van der Waals surface area contributed by atoms with Crippen molar-refractivity contribution in [1.82, 2.24) is 0 Å². The molecule has 3 aliphatic rings. The van der Waals surface area contributed by atoms with Gasteiger partial charge >= 0.3 is 0 Å². The molecule has 0 radical (unpaired) electrons. The molecule has 0 aliphatic heterocycles. The van der Waals surface area contributed by atoms with Gasteiger partial charge < -0.3 is 0 Å². The molecule has 3 atom stereocenters. The van der Waals surface area contributed by atoms with Crippen molar-refractivity contribution in [1.29, 1.82) is 0 Å². The fourth-order valence-corrected chi connectivity index (χ4v) is 3.31. The maximum absolute atomic E-state index is 2.47. The summed E-state index contributed by atoms with van der Waals surface area (Å²) in [6, 6.07) is 0. The zero-order valence-electron chi connectivity index (χ0n) is 8.06. The van der Waals surface area contributed by atoms with Gasteiger partial charge in [-0.2, -0.15) is 0 Å². The standard InChI is InChI=1S/C11H20/c1-8-6-10-5-4-9(8)7-11(10,2)3/h8-10H,4-7H2,1-3H3. The fourth-order valence-electron chi connectivity index (χ4n) is 3.31. The first-order valence-corrected chi connectivity index (χ1v) is 5.09. The van der Waals surface area contributed by atoms with Crippen LogP contribution in [0, 0.1) is 23.2 Å². The molecule has 0 saturated heterocycles. The summed E-state index contributed by atoms with van der Waals surface area (Å²) in [4.78, 5) is 0. The Morgan fingerprint density at radius 2 is 1.91 bits per heavy atom. The molecule has 0 amide bonds. The zero-order valence-corrected chi connectivity index (χ0v) is 8.06. The molecule has 0 aromatic rings. The van der Waals surface area contributed by atoms with Gasteiger partial charge in [-0.15, -0.1) is 0 Å². The molecule has 0 aromatic heterocycles. The lowest BCUT2D eigenvalue weighted by Gasteiger charge is -2.51. The lowest BCUT2D eigenvalue weighted by Crippen LogP contribution is -2.41. The molecule has 0 nitrogen and oxygen atoms in total. The van der Waals surface area contributed by atoms with E-state index in [9.17, 15) is 0 Å². The summed E-state index contributed by atoms with van der Waals surface area (Å²) < 4.78 is 0. The average Bonchev–Trinajstić information content (AvgIpc) is 1.90. The summed E-state index contributed by atoms with van der Waals surface area (Å²) >= 11 is 0. The van der Waals surface area contributed by atoms with Crippen LogP contribution < -0.4 is 0 Å². The number of hydrogen-bond donors (Lipinski definition) is 0. The third-order valence-corrected chi connectivity index (χ3v) is 4.24. The van der Waals surface area contributed by atoms with Crippen molar-refractivity contribution in [2.75, 3.05) is 0 Å². The highest BCUT2D eigenvalue weighted by Gasteiger charge is 2.43. The highest BCUT2D eigenvalue weighted by Crippen LogP contribution is 2.54. The van der Waals surface area contributed by atoms with Gasteiger partial charge in [-0.3, -0.25) is 0 Å². The Morgan fingerprint density at radius 3 is 2.18 bits per heavy atom. The van der Waals surface area contributed by atoms with Crippen LogP contribution >= 0.6 is 0 Å². The third-order valence-electron chi connectivity index (χ3n) is 4.24. The van der Waals surface area contributed by atoms with Crippen molar-refractivity contribution >= 4 is 0 Å². The quantitative estimate of drug-likeness (QED) is 0.498. The molecule has 3 fully saturated rings. The van der Waals surface area contributed by atoms with Crippen molar-refractivity contribution < 1.29 is 0 Å². The van der Waals surface area contributed by atoms with Crippen molar-refractivity contribution in [2.24, 2.45) is 23.2 Å². The minimum atomic E-state index is 0.676. The normalized spacial score (nSPS) is 47.7. The second-order valence-electron chi connectivity index (χ2n) is 5.44. The molecule has 3 aliphatic carbocycles. The Labute approximate surface area is 70.4 Å². The first kappa shape index (κ1) is 7.64. The van der Waals surface area contributed by atoms with E-state index in [4.69, 9.17) is 0 Å². The van der Waals surface area contributed by atoms with Gasteiger partial charge in [0.15, 0.2) is 0 Å². The van der Waals surface area contributed by atoms with Crippen molar-refractivity contribution in [3.05, 3.63) is 0 Å². The Morgan fingerprint density at radius 1 is 1.18 bits per heavy atom. The van der Waals surface area contributed by atoms with Gasteiger partial charge in [0.2, 0.25) is 0 Å². The molecule has 64 valence electrons. The number of fused-ring (bicyclic) bond motifs is 3. The summed E-state index contributed by atoms with van der Waals surface area (Å²) in [6.07, 6.45) is 6.05. The van der Waals surface area contributed by atoms with E-state index in [0.717, 1.165) is 17.8 Å². The largest absolute Gasteiger partial charge is 0.0622 e. The van der Waals surface area contributed by atoms with Crippen LogP contribution in [0.3, 0.4) is 0 Å². The molecular weight excluding hydrogens is 132 g/mol. The first-order valence-electron chi connectivity index (χ1n) is 5.09. The Kier molecular flexibility index (Phi) is 1.56. The molecule has 11 heavy (non-hydrogen) atoms. The van der Waals surface area contributed by atoms with E-state index in [1.807, 2.05) is 0 Å². The minimum Gasteiger partial charge on any atom is -0.0622 e. The van der Waals surface area contributed by atoms with Crippen LogP contribution in [-0.4, -0.2) is 0 Å². The lowest BCUT2D eigenvalue weighted by molar-refractivity contribution is -0.00720. The maximum Gasteiger partial charge on any atom is -0.0323 e. The predicted octanol–water partition coefficient (Wildman–Crippen LogP) is 3.47. The summed E-state index contributed by atoms with van der Waals surface area (Å²) in [7, 11) is 0. The lowest BCUT2D eigenvalue weighted by atomic mass is 9.54. The molecule has 0 spiro atoms. The molecule has 0 heteroatoms. The Balaban J connectivity index is 2.16. The predicted molar refractivity (Wildman–Crippen MR) is 48.4 cm³/mol. The van der Waals surface area contributed by atoms with Gasteiger partial charge in [-0.1, -0.05) is 20.8 Å². The molecule has 0 aromatic carbocycles. The number of hydrogen-bond acceptors (Lipinski definition) is 0. The van der Waals surface area contributed by atoms with Crippen LogP contribution in [0.15, 0.2) is 0 Å². The van der Waals surface area contributed by atoms with Gasteiger partial charge in [-0.25, -0.2) is 0 Å². The zero-order chi connectivity index (χ0) is 8.06. The Bertz CT molecular complexity index is 157. The van der Waals surface area contributed by atoms with E-state index < -0.39 is 0 Å². The molecular formula is C11H20. The molecule has 3 unspecified atom stereocenters. The minimum absolute atomic E-state index is 0.676. The van der Waals surface area contributed by atoms with Crippen molar-refractivity contribution in [3.63, 3.8) is 0 Å². The molecule has 0 heterocycles. The SMILES string of the molecule is CC1CC2CCC1CC2(C)C. The van der Waals surface area contributed by atoms with E-state index in [-0.39, 0.29) is 0 Å². The van der Waals surface area contributed by atoms with Crippen molar-refractivity contribution in [2.45, 2.75) is 46.5 Å². The average molecular weight is 152 g/mol. The second-order valence-corrected chi connectivity index (χ2v) is 5.44. The molecule has 0 N–H and O–H groups in total. The second kappa shape index (κ2) is 2.24. The van der Waals surface area contributed by atoms with E-state index >= 15 is 0 Å². The van der Waals surface area contributed by atoms with Gasteiger partial charge in [0.05, 0.1) is 0 Å². The maximum atomic E-state index is 2.47. The van der Waals surface area contributed by atoms with E-state index in [0.29, 0.717) is 5.41 Å². The third kappa shape index (κ3) is 1.11. The molecule has 3 rings (SSSR count). The fraction of sp³-hybridized carbons (Fsp3) is 1.00. The van der Waals surface area contributed by atoms with E-state index in [1.54, 1.807) is 0 Å². The van der Waals surface area contributed by atoms with Crippen LogP contribution in [0.2, 0.25) is 0 Å². The summed E-state index contributed by atoms with van der Waals surface area (Å²) in [5.74, 6) is 3.14. The van der Waals surface area contributed by atoms with Crippen LogP contribution in [0.5, 0.6) is 0 Å². The van der Waals surface area contributed by atoms with Gasteiger partial charge in [-0.05, 0) is 48.9 Å².